The normalized spacial score (nSPS) is 14.1. The molecule has 0 fully saturated rings. The van der Waals surface area contributed by atoms with Crippen molar-refractivity contribution in [2.24, 2.45) is 0 Å². The van der Waals surface area contributed by atoms with E-state index in [1.54, 1.807) is 4.57 Å². The van der Waals surface area contributed by atoms with Gasteiger partial charge in [-0.2, -0.15) is 0 Å². The van der Waals surface area contributed by atoms with Crippen molar-refractivity contribution in [3.63, 3.8) is 0 Å². The highest BCUT2D eigenvalue weighted by Gasteiger charge is 2.44. The second-order valence-corrected chi connectivity index (χ2v) is 17.9. The summed E-state index contributed by atoms with van der Waals surface area (Å²) in [6, 6.07) is 72.4. The Hall–Kier alpha value is -9.12. The van der Waals surface area contributed by atoms with Crippen LogP contribution in [0.5, 0.6) is 0 Å². The first-order valence-electron chi connectivity index (χ1n) is 27.5. The van der Waals surface area contributed by atoms with Crippen LogP contribution in [0, 0.1) is 0 Å². The molecule has 2 aliphatic rings. The van der Waals surface area contributed by atoms with Crippen molar-refractivity contribution >= 4 is 79.0 Å². The molecule has 0 amide bonds. The Morgan fingerprint density at radius 1 is 0.300 bits per heavy atom. The third kappa shape index (κ3) is 6.45. The number of aromatic nitrogens is 1. The summed E-state index contributed by atoms with van der Waals surface area (Å²) in [5.74, 6) is 0. The van der Waals surface area contributed by atoms with Crippen LogP contribution in [0.3, 0.4) is 0 Å². The zero-order chi connectivity index (χ0) is 53.1. The lowest BCUT2D eigenvalue weighted by Gasteiger charge is -2.44. The second-order valence-electron chi connectivity index (χ2n) is 17.9. The maximum absolute atomic E-state index is 9.58. The third-order valence-corrected chi connectivity index (χ3v) is 14.0. The molecule has 12 aromatic rings. The minimum Gasteiger partial charge on any atom is -0.311 e. The molecule has 3 nitrogen and oxygen atoms in total. The molecule has 0 bridgehead atoms. The van der Waals surface area contributed by atoms with Gasteiger partial charge in [-0.15, -0.1) is 0 Å². The van der Waals surface area contributed by atoms with Gasteiger partial charge in [0, 0.05) is 44.9 Å². The predicted molar refractivity (Wildman–Crippen MR) is 297 cm³/mol. The number of nitrogens with zero attached hydrogens (tertiary/aromatic N) is 3. The zero-order valence-corrected chi connectivity index (χ0v) is 37.7. The van der Waals surface area contributed by atoms with Crippen LogP contribution < -0.4 is 26.2 Å². The summed E-state index contributed by atoms with van der Waals surface area (Å²) in [6.45, 7) is -0.353. The lowest BCUT2D eigenvalue weighted by molar-refractivity contribution is 1.16. The Kier molecular flexibility index (Phi) is 7.58. The number of benzene rings is 11. The minimum absolute atomic E-state index is 0.0199. The van der Waals surface area contributed by atoms with E-state index < -0.39 is 24.2 Å². The van der Waals surface area contributed by atoms with Gasteiger partial charge in [-0.05, 0) is 122 Å². The molecule has 2 aliphatic heterocycles. The van der Waals surface area contributed by atoms with Gasteiger partial charge in [0.05, 0.1) is 27.7 Å². The highest BCUT2D eigenvalue weighted by molar-refractivity contribution is 7.00. The Labute approximate surface area is 419 Å². The number of para-hydroxylation sites is 2. The lowest BCUT2D eigenvalue weighted by Crippen LogP contribution is -2.61. The molecule has 14 rings (SSSR count). The molecule has 326 valence electrons. The van der Waals surface area contributed by atoms with Crippen molar-refractivity contribution in [1.29, 1.82) is 0 Å². The maximum atomic E-state index is 9.58. The average Bonchev–Trinajstić information content (AvgIpc) is 3.68. The van der Waals surface area contributed by atoms with Crippen LogP contribution >= 0.6 is 0 Å². The Balaban J connectivity index is 1.14. The van der Waals surface area contributed by atoms with E-state index in [2.05, 4.69) is 168 Å². The minimum atomic E-state index is -0.490. The number of rotatable bonds is 7. The number of anilines is 6. The van der Waals surface area contributed by atoms with E-state index in [0.29, 0.717) is 5.69 Å². The summed E-state index contributed by atoms with van der Waals surface area (Å²) >= 11 is 0. The first kappa shape index (κ1) is 32.6. The van der Waals surface area contributed by atoms with Crippen LogP contribution in [0.1, 0.15) is 11.0 Å². The van der Waals surface area contributed by atoms with Gasteiger partial charge in [-0.25, -0.2) is 0 Å². The van der Waals surface area contributed by atoms with E-state index in [1.165, 1.54) is 0 Å². The standard InChI is InChI=1S/C66H44BN3/c1-5-17-45(18-6-1)49-29-35-53(36-30-49)68-62-39-33-51(47-21-9-3-10-22-47)41-58(62)67-59-42-52(48-23-11-4-12-24-48)34-40-63(59)69(54-37-31-50(32-38-54)46-19-7-2-8-20-46)65-44-55(43-64(68)66(65)67)70-60-27-15-13-25-56(60)57-26-14-16-28-61(57)70/h1-44H/i13D,14D,15D,16D,25D,26D,27D,28D. The van der Waals surface area contributed by atoms with Gasteiger partial charge < -0.3 is 14.4 Å². The van der Waals surface area contributed by atoms with Crippen molar-refractivity contribution in [3.8, 4) is 50.2 Å². The molecule has 0 N–H and O–H groups in total. The molecule has 0 aliphatic carbocycles. The van der Waals surface area contributed by atoms with Gasteiger partial charge in [-0.1, -0.05) is 206 Å². The summed E-state index contributed by atoms with van der Waals surface area (Å²) in [4.78, 5) is 4.55. The van der Waals surface area contributed by atoms with Gasteiger partial charge in [0.2, 0.25) is 0 Å². The molecule has 0 saturated heterocycles. The van der Waals surface area contributed by atoms with E-state index in [9.17, 15) is 5.48 Å². The van der Waals surface area contributed by atoms with Gasteiger partial charge in [0.15, 0.2) is 0 Å². The quantitative estimate of drug-likeness (QED) is 0.148. The van der Waals surface area contributed by atoms with Gasteiger partial charge >= 0.3 is 0 Å². The fraction of sp³-hybridized carbons (Fsp3) is 0. The number of hydrogen-bond acceptors (Lipinski definition) is 2. The van der Waals surface area contributed by atoms with Gasteiger partial charge in [0.25, 0.3) is 6.71 Å². The van der Waals surface area contributed by atoms with Gasteiger partial charge in [-0.3, -0.25) is 0 Å². The fourth-order valence-corrected chi connectivity index (χ4v) is 10.8. The molecular formula is C66H44BN3. The van der Waals surface area contributed by atoms with E-state index in [1.807, 2.05) is 60.7 Å². The van der Waals surface area contributed by atoms with Crippen LogP contribution in [0.2, 0.25) is 0 Å². The molecule has 0 saturated carbocycles. The molecule has 1 aromatic heterocycles. The average molecular weight is 898 g/mol. The van der Waals surface area contributed by atoms with Crippen molar-refractivity contribution in [3.05, 3.63) is 267 Å². The lowest BCUT2D eigenvalue weighted by atomic mass is 9.33. The van der Waals surface area contributed by atoms with Crippen LogP contribution in [-0.4, -0.2) is 11.3 Å². The molecule has 4 heteroatoms. The topological polar surface area (TPSA) is 11.4 Å². The van der Waals surface area contributed by atoms with Crippen molar-refractivity contribution in [1.82, 2.24) is 4.57 Å². The summed E-state index contributed by atoms with van der Waals surface area (Å²) < 4.78 is 75.2. The van der Waals surface area contributed by atoms with E-state index in [0.717, 1.165) is 95.0 Å². The first-order chi connectivity index (χ1) is 38.0. The summed E-state index contributed by atoms with van der Waals surface area (Å²) in [5, 5.41) is 0.0399. The first-order valence-corrected chi connectivity index (χ1v) is 23.5. The molecule has 0 spiro atoms. The highest BCUT2D eigenvalue weighted by Crippen LogP contribution is 2.47. The molecule has 0 atom stereocenters. The largest absolute Gasteiger partial charge is 0.311 e. The van der Waals surface area contributed by atoms with E-state index in [-0.39, 0.29) is 52.7 Å². The molecule has 0 radical (unpaired) electrons. The summed E-state index contributed by atoms with van der Waals surface area (Å²) in [7, 11) is 0. The summed E-state index contributed by atoms with van der Waals surface area (Å²) in [6.07, 6.45) is 0. The highest BCUT2D eigenvalue weighted by atomic mass is 15.2. The molecular weight excluding hydrogens is 846 g/mol. The molecule has 70 heavy (non-hydrogen) atoms. The molecule has 0 unspecified atom stereocenters. The predicted octanol–water partition coefficient (Wildman–Crippen LogP) is 15.5. The number of fused-ring (bicyclic) bond motifs is 7. The summed E-state index contributed by atoms with van der Waals surface area (Å²) in [5.41, 5.74) is 17.4. The van der Waals surface area contributed by atoms with Crippen molar-refractivity contribution in [2.45, 2.75) is 0 Å². The zero-order valence-electron chi connectivity index (χ0n) is 45.7. The van der Waals surface area contributed by atoms with Crippen molar-refractivity contribution < 1.29 is 11.0 Å². The third-order valence-electron chi connectivity index (χ3n) is 14.0. The van der Waals surface area contributed by atoms with E-state index >= 15 is 0 Å². The maximum Gasteiger partial charge on any atom is 0.252 e. The van der Waals surface area contributed by atoms with Crippen LogP contribution in [0.4, 0.5) is 34.1 Å². The van der Waals surface area contributed by atoms with Gasteiger partial charge in [0.1, 0.15) is 0 Å². The van der Waals surface area contributed by atoms with Crippen molar-refractivity contribution in [2.75, 3.05) is 9.80 Å². The van der Waals surface area contributed by atoms with Crippen LogP contribution in [-0.2, 0) is 0 Å². The molecule has 3 heterocycles. The molecule has 11 aromatic carbocycles. The second kappa shape index (κ2) is 16.3. The fourth-order valence-electron chi connectivity index (χ4n) is 10.8. The smallest absolute Gasteiger partial charge is 0.252 e. The Morgan fingerprint density at radius 2 is 0.643 bits per heavy atom. The number of hydrogen-bond donors (Lipinski definition) is 0. The monoisotopic (exact) mass is 897 g/mol. The van der Waals surface area contributed by atoms with Crippen LogP contribution in [0.25, 0.3) is 72.0 Å². The Morgan fingerprint density at radius 3 is 1.04 bits per heavy atom. The van der Waals surface area contributed by atoms with E-state index in [4.69, 9.17) is 5.48 Å². The Bertz CT molecular complexity index is 4130. The SMILES string of the molecule is [2H]c1c([2H])c([2H])c2c(c1[2H])c1c([2H])c([2H])c([2H])c([2H])c1n2-c1cc2c3c(c1)N(c1ccc(-c4ccccc4)cc1)c1ccc(-c4ccccc4)cc1B3c1cc(-c3ccccc3)ccc1N2c1ccc(-c2ccccc2)cc1. The van der Waals surface area contributed by atoms with Crippen LogP contribution in [0.15, 0.2) is 267 Å².